The molecule has 2 aromatic heterocycles. The smallest absolute Gasteiger partial charge is 0.251 e. The van der Waals surface area contributed by atoms with Crippen molar-refractivity contribution < 1.29 is 9.90 Å². The van der Waals surface area contributed by atoms with Gasteiger partial charge in [-0.2, -0.15) is 0 Å². The number of carbonyl (C=O) groups excluding carboxylic acids is 1. The monoisotopic (exact) mass is 435 g/mol. The van der Waals surface area contributed by atoms with E-state index in [-0.39, 0.29) is 18.1 Å². The molecular weight excluding hydrogens is 410 g/mol. The standard InChI is InChI=1S/C23H25N5O2S/c1-24-22(30)15-7-9-19-18(11-15)25-13-28(19)12-14-6-8-17-21(10-14)31-23(27-17)26-16-4-2-3-5-20(16)29/h6-11,13,16,20,29H,2-5,12H2,1H3,(H,24,30)(H,26,27)/t16-,20-/m1/s1. The molecule has 0 bridgehead atoms. The number of amides is 1. The number of imidazole rings is 1. The van der Waals surface area contributed by atoms with Crippen LogP contribution in [0.25, 0.3) is 21.3 Å². The number of hydrogen-bond acceptors (Lipinski definition) is 6. The third kappa shape index (κ3) is 4.00. The lowest BCUT2D eigenvalue weighted by Crippen LogP contribution is -2.36. The molecule has 3 N–H and O–H groups in total. The first-order valence-electron chi connectivity index (χ1n) is 10.6. The minimum atomic E-state index is -0.297. The first-order valence-corrected chi connectivity index (χ1v) is 11.4. The number of nitrogens with one attached hydrogen (secondary N) is 2. The summed E-state index contributed by atoms with van der Waals surface area (Å²) in [7, 11) is 1.62. The van der Waals surface area contributed by atoms with Gasteiger partial charge in [-0.3, -0.25) is 4.79 Å². The van der Waals surface area contributed by atoms with Gasteiger partial charge in [-0.05, 0) is 48.7 Å². The summed E-state index contributed by atoms with van der Waals surface area (Å²) in [6, 6.07) is 12.0. The van der Waals surface area contributed by atoms with E-state index in [2.05, 4.69) is 32.3 Å². The second-order valence-electron chi connectivity index (χ2n) is 8.08. The van der Waals surface area contributed by atoms with Gasteiger partial charge < -0.3 is 20.3 Å². The first kappa shape index (κ1) is 20.0. The van der Waals surface area contributed by atoms with E-state index in [1.165, 1.54) is 0 Å². The Labute approximate surface area is 184 Å². The fraction of sp³-hybridized carbons (Fsp3) is 0.348. The van der Waals surface area contributed by atoms with Crippen LogP contribution in [0.1, 0.15) is 41.6 Å². The normalized spacial score (nSPS) is 19.0. The molecule has 5 rings (SSSR count). The lowest BCUT2D eigenvalue weighted by atomic mass is 9.93. The van der Waals surface area contributed by atoms with E-state index in [1.54, 1.807) is 18.4 Å². The molecule has 0 spiro atoms. The summed E-state index contributed by atoms with van der Waals surface area (Å²) in [6.45, 7) is 0.688. The van der Waals surface area contributed by atoms with Crippen molar-refractivity contribution in [2.75, 3.05) is 12.4 Å². The summed E-state index contributed by atoms with van der Waals surface area (Å²) in [4.78, 5) is 21.0. The number of aliphatic hydroxyl groups is 1. The molecule has 0 aliphatic heterocycles. The molecule has 1 aliphatic carbocycles. The highest BCUT2D eigenvalue weighted by Crippen LogP contribution is 2.30. The van der Waals surface area contributed by atoms with Crippen LogP contribution < -0.4 is 10.6 Å². The van der Waals surface area contributed by atoms with Crippen LogP contribution >= 0.6 is 11.3 Å². The van der Waals surface area contributed by atoms with E-state index < -0.39 is 0 Å². The zero-order valence-electron chi connectivity index (χ0n) is 17.3. The molecule has 0 saturated heterocycles. The molecule has 1 amide bonds. The van der Waals surface area contributed by atoms with E-state index >= 15 is 0 Å². The van der Waals surface area contributed by atoms with Crippen LogP contribution in [-0.2, 0) is 6.54 Å². The number of carbonyl (C=O) groups is 1. The van der Waals surface area contributed by atoms with Crippen molar-refractivity contribution >= 4 is 43.6 Å². The van der Waals surface area contributed by atoms with Gasteiger partial charge in [-0.1, -0.05) is 30.2 Å². The number of thiazole rings is 1. The van der Waals surface area contributed by atoms with Gasteiger partial charge in [0.2, 0.25) is 0 Å². The highest BCUT2D eigenvalue weighted by atomic mass is 32.1. The Balaban J connectivity index is 1.36. The van der Waals surface area contributed by atoms with Crippen molar-refractivity contribution in [3.05, 3.63) is 53.9 Å². The fourth-order valence-electron chi connectivity index (χ4n) is 4.24. The van der Waals surface area contributed by atoms with Gasteiger partial charge in [0.25, 0.3) is 5.91 Å². The molecule has 1 fully saturated rings. The molecule has 0 radical (unpaired) electrons. The predicted molar refractivity (Wildman–Crippen MR) is 124 cm³/mol. The number of aromatic nitrogens is 3. The van der Waals surface area contributed by atoms with Crippen molar-refractivity contribution in [3.8, 4) is 0 Å². The van der Waals surface area contributed by atoms with E-state index in [1.807, 2.05) is 30.6 Å². The molecule has 2 aromatic carbocycles. The van der Waals surface area contributed by atoms with Gasteiger partial charge >= 0.3 is 0 Å². The van der Waals surface area contributed by atoms with Crippen LogP contribution in [0.3, 0.4) is 0 Å². The van der Waals surface area contributed by atoms with Gasteiger partial charge in [0.15, 0.2) is 5.13 Å². The molecule has 1 aliphatic rings. The topological polar surface area (TPSA) is 92.1 Å². The van der Waals surface area contributed by atoms with Crippen LogP contribution in [0, 0.1) is 0 Å². The Morgan fingerprint density at radius 2 is 2.06 bits per heavy atom. The fourth-order valence-corrected chi connectivity index (χ4v) is 5.23. The summed E-state index contributed by atoms with van der Waals surface area (Å²) in [5, 5.41) is 17.2. The molecule has 31 heavy (non-hydrogen) atoms. The van der Waals surface area contributed by atoms with Gasteiger partial charge in [-0.25, -0.2) is 9.97 Å². The maximum atomic E-state index is 11.9. The summed E-state index contributed by atoms with van der Waals surface area (Å²) < 4.78 is 3.21. The first-order chi connectivity index (χ1) is 15.1. The third-order valence-electron chi connectivity index (χ3n) is 5.95. The van der Waals surface area contributed by atoms with E-state index in [9.17, 15) is 9.90 Å². The average Bonchev–Trinajstić information content (AvgIpc) is 3.37. The maximum Gasteiger partial charge on any atom is 0.251 e. The van der Waals surface area contributed by atoms with Gasteiger partial charge in [-0.15, -0.1) is 0 Å². The quantitative estimate of drug-likeness (QED) is 0.444. The third-order valence-corrected chi connectivity index (χ3v) is 6.90. The van der Waals surface area contributed by atoms with E-state index in [0.29, 0.717) is 12.1 Å². The molecule has 160 valence electrons. The SMILES string of the molecule is CNC(=O)c1ccc2c(c1)ncn2Cc1ccc2nc(N[C@@H]3CCCC[C@H]3O)sc2c1. The van der Waals surface area contributed by atoms with Gasteiger partial charge in [0, 0.05) is 19.2 Å². The number of anilines is 1. The minimum Gasteiger partial charge on any atom is -0.391 e. The summed E-state index contributed by atoms with van der Waals surface area (Å²) in [6.07, 6.45) is 5.60. The Morgan fingerprint density at radius 3 is 2.90 bits per heavy atom. The summed E-state index contributed by atoms with van der Waals surface area (Å²) in [5.74, 6) is -0.114. The number of hydrogen-bond donors (Lipinski definition) is 3. The molecule has 0 unspecified atom stereocenters. The lowest BCUT2D eigenvalue weighted by Gasteiger charge is -2.27. The Hall–Kier alpha value is -2.97. The molecule has 2 heterocycles. The van der Waals surface area contributed by atoms with Crippen molar-refractivity contribution in [2.45, 2.75) is 44.4 Å². The highest BCUT2D eigenvalue weighted by Gasteiger charge is 2.23. The Bertz CT molecular complexity index is 1250. The van der Waals surface area contributed by atoms with E-state index in [0.717, 1.165) is 57.6 Å². The zero-order valence-corrected chi connectivity index (χ0v) is 18.2. The molecule has 4 aromatic rings. The van der Waals surface area contributed by atoms with Gasteiger partial charge in [0.05, 0.1) is 39.7 Å². The summed E-state index contributed by atoms with van der Waals surface area (Å²) in [5.41, 5.74) is 4.53. The number of rotatable bonds is 5. The average molecular weight is 436 g/mol. The largest absolute Gasteiger partial charge is 0.391 e. The van der Waals surface area contributed by atoms with Crippen molar-refractivity contribution in [1.82, 2.24) is 19.9 Å². The number of nitrogens with zero attached hydrogens (tertiary/aromatic N) is 3. The van der Waals surface area contributed by atoms with Gasteiger partial charge in [0.1, 0.15) is 0 Å². The van der Waals surface area contributed by atoms with Crippen LogP contribution in [0.2, 0.25) is 0 Å². The van der Waals surface area contributed by atoms with Crippen LogP contribution in [0.4, 0.5) is 5.13 Å². The Morgan fingerprint density at radius 1 is 1.19 bits per heavy atom. The molecular formula is C23H25N5O2S. The number of fused-ring (bicyclic) bond motifs is 2. The second-order valence-corrected chi connectivity index (χ2v) is 9.11. The zero-order chi connectivity index (χ0) is 21.4. The molecule has 8 heteroatoms. The Kier molecular flexibility index (Phi) is 5.33. The molecule has 2 atom stereocenters. The second kappa shape index (κ2) is 8.28. The van der Waals surface area contributed by atoms with Crippen molar-refractivity contribution in [1.29, 1.82) is 0 Å². The minimum absolute atomic E-state index is 0.0887. The van der Waals surface area contributed by atoms with Crippen molar-refractivity contribution in [2.24, 2.45) is 0 Å². The lowest BCUT2D eigenvalue weighted by molar-refractivity contribution is 0.0963. The molecule has 7 nitrogen and oxygen atoms in total. The number of aliphatic hydroxyl groups excluding tert-OH is 1. The van der Waals surface area contributed by atoms with E-state index in [4.69, 9.17) is 4.98 Å². The number of benzene rings is 2. The molecule has 1 saturated carbocycles. The maximum absolute atomic E-state index is 11.9. The van der Waals surface area contributed by atoms with Crippen molar-refractivity contribution in [3.63, 3.8) is 0 Å². The van der Waals surface area contributed by atoms with Crippen LogP contribution in [0.15, 0.2) is 42.7 Å². The van der Waals surface area contributed by atoms with Crippen LogP contribution in [0.5, 0.6) is 0 Å². The summed E-state index contributed by atoms with van der Waals surface area (Å²) >= 11 is 1.63. The predicted octanol–water partition coefficient (Wildman–Crippen LogP) is 3.77. The highest BCUT2D eigenvalue weighted by molar-refractivity contribution is 7.22. The van der Waals surface area contributed by atoms with Crippen LogP contribution in [-0.4, -0.2) is 44.7 Å².